The molecule has 0 heterocycles. The average Bonchev–Trinajstić information content (AvgIpc) is 2.54. The molecule has 2 N–H and O–H groups in total. The summed E-state index contributed by atoms with van der Waals surface area (Å²) in [7, 11) is 4.91. The maximum Gasteiger partial charge on any atom is 0.160 e. The van der Waals surface area contributed by atoms with Gasteiger partial charge in [-0.3, -0.25) is 0 Å². The van der Waals surface area contributed by atoms with Gasteiger partial charge in [-0.1, -0.05) is 18.2 Å². The number of rotatable bonds is 6. The third-order valence-corrected chi connectivity index (χ3v) is 3.45. The Morgan fingerprint density at radius 1 is 0.864 bits per heavy atom. The van der Waals surface area contributed by atoms with Crippen LogP contribution < -0.4 is 19.9 Å². The fraction of sp³-hybridized carbons (Fsp3) is 0.294. The van der Waals surface area contributed by atoms with Crippen LogP contribution in [0.5, 0.6) is 17.2 Å². The van der Waals surface area contributed by atoms with Gasteiger partial charge in [0.2, 0.25) is 0 Å². The van der Waals surface area contributed by atoms with Crippen LogP contribution in [0.3, 0.4) is 0 Å². The van der Waals surface area contributed by atoms with E-state index in [4.69, 9.17) is 19.9 Å². The predicted octanol–water partition coefficient (Wildman–Crippen LogP) is 3.38. The molecule has 5 heteroatoms. The summed E-state index contributed by atoms with van der Waals surface area (Å²) in [6, 6.07) is 13.6. The molecular formula is C17H22ClNO3. The fourth-order valence-corrected chi connectivity index (χ4v) is 2.23. The summed E-state index contributed by atoms with van der Waals surface area (Å²) in [6.07, 6.45) is 0.729. The van der Waals surface area contributed by atoms with Crippen molar-refractivity contribution in [2.24, 2.45) is 5.73 Å². The van der Waals surface area contributed by atoms with E-state index in [1.54, 1.807) is 21.3 Å². The van der Waals surface area contributed by atoms with Crippen molar-refractivity contribution in [1.82, 2.24) is 0 Å². The lowest BCUT2D eigenvalue weighted by molar-refractivity contribution is 0.354. The number of ether oxygens (including phenoxy) is 3. The maximum absolute atomic E-state index is 6.27. The summed E-state index contributed by atoms with van der Waals surface area (Å²) in [4.78, 5) is 0. The van der Waals surface area contributed by atoms with Gasteiger partial charge in [0.1, 0.15) is 5.75 Å². The largest absolute Gasteiger partial charge is 0.497 e. The van der Waals surface area contributed by atoms with Gasteiger partial charge < -0.3 is 19.9 Å². The first-order valence-electron chi connectivity index (χ1n) is 6.78. The Bertz CT molecular complexity index is 587. The van der Waals surface area contributed by atoms with Crippen LogP contribution >= 0.6 is 12.4 Å². The molecule has 0 radical (unpaired) electrons. The van der Waals surface area contributed by atoms with Crippen LogP contribution in [0, 0.1) is 0 Å². The van der Waals surface area contributed by atoms with Crippen LogP contribution in [0.2, 0.25) is 0 Å². The van der Waals surface area contributed by atoms with Crippen molar-refractivity contribution in [3.05, 3.63) is 53.6 Å². The first-order valence-corrected chi connectivity index (χ1v) is 6.78. The zero-order valence-electron chi connectivity index (χ0n) is 13.0. The zero-order chi connectivity index (χ0) is 15.2. The van der Waals surface area contributed by atoms with E-state index in [-0.39, 0.29) is 18.4 Å². The molecule has 0 fully saturated rings. The summed E-state index contributed by atoms with van der Waals surface area (Å²) < 4.78 is 15.7. The van der Waals surface area contributed by atoms with Gasteiger partial charge in [-0.2, -0.15) is 0 Å². The molecule has 0 aliphatic rings. The Labute approximate surface area is 137 Å². The summed E-state index contributed by atoms with van der Waals surface area (Å²) >= 11 is 0. The normalized spacial score (nSPS) is 11.3. The highest BCUT2D eigenvalue weighted by atomic mass is 35.5. The molecule has 0 spiro atoms. The monoisotopic (exact) mass is 323 g/mol. The van der Waals surface area contributed by atoms with Gasteiger partial charge in [-0.25, -0.2) is 0 Å². The van der Waals surface area contributed by atoms with E-state index < -0.39 is 0 Å². The molecule has 0 saturated heterocycles. The number of nitrogens with two attached hydrogens (primary N) is 1. The smallest absolute Gasteiger partial charge is 0.160 e. The Balaban J connectivity index is 0.00000242. The molecule has 0 saturated carbocycles. The van der Waals surface area contributed by atoms with Crippen LogP contribution in [0.25, 0.3) is 0 Å². The molecule has 2 aromatic rings. The number of methoxy groups -OCH3 is 3. The third kappa shape index (κ3) is 4.29. The molecule has 1 atom stereocenters. The van der Waals surface area contributed by atoms with Crippen molar-refractivity contribution in [3.8, 4) is 17.2 Å². The van der Waals surface area contributed by atoms with Crippen molar-refractivity contribution in [2.45, 2.75) is 12.5 Å². The highest BCUT2D eigenvalue weighted by molar-refractivity contribution is 5.85. The average molecular weight is 324 g/mol. The Hall–Kier alpha value is -1.91. The van der Waals surface area contributed by atoms with Gasteiger partial charge in [0.05, 0.1) is 21.3 Å². The number of halogens is 1. The van der Waals surface area contributed by atoms with Gasteiger partial charge in [0.25, 0.3) is 0 Å². The topological polar surface area (TPSA) is 53.7 Å². The molecule has 0 bridgehead atoms. The van der Waals surface area contributed by atoms with E-state index in [9.17, 15) is 0 Å². The number of hydrogen-bond acceptors (Lipinski definition) is 4. The highest BCUT2D eigenvalue weighted by Gasteiger charge is 2.10. The highest BCUT2D eigenvalue weighted by Crippen LogP contribution is 2.29. The molecule has 2 rings (SSSR count). The Morgan fingerprint density at radius 3 is 2.05 bits per heavy atom. The molecule has 2 aromatic carbocycles. The first-order chi connectivity index (χ1) is 10.2. The molecule has 0 aliphatic heterocycles. The quantitative estimate of drug-likeness (QED) is 0.885. The molecule has 1 unspecified atom stereocenters. The minimum Gasteiger partial charge on any atom is -0.497 e. The molecule has 4 nitrogen and oxygen atoms in total. The van der Waals surface area contributed by atoms with E-state index in [0.717, 1.165) is 34.8 Å². The lowest BCUT2D eigenvalue weighted by Gasteiger charge is -2.14. The van der Waals surface area contributed by atoms with Gasteiger partial charge in [-0.05, 0) is 41.8 Å². The van der Waals surface area contributed by atoms with E-state index >= 15 is 0 Å². The second-order valence-corrected chi connectivity index (χ2v) is 4.77. The van der Waals surface area contributed by atoms with E-state index in [1.165, 1.54) is 0 Å². The standard InChI is InChI=1S/C17H21NO3.ClH/c1-19-14-7-5-13(6-8-14)15(18)10-12-4-9-16(20-2)17(11-12)21-3;/h4-9,11,15H,10,18H2,1-3H3;1H. The summed E-state index contributed by atoms with van der Waals surface area (Å²) in [5.41, 5.74) is 8.45. The molecule has 22 heavy (non-hydrogen) atoms. The van der Waals surface area contributed by atoms with Gasteiger partial charge in [0, 0.05) is 6.04 Å². The molecule has 0 aromatic heterocycles. The SMILES string of the molecule is COc1ccc(C(N)Cc2ccc(OC)c(OC)c2)cc1.Cl. The van der Waals surface area contributed by atoms with Gasteiger partial charge in [0.15, 0.2) is 11.5 Å². The van der Waals surface area contributed by atoms with Crippen molar-refractivity contribution >= 4 is 12.4 Å². The lowest BCUT2D eigenvalue weighted by Crippen LogP contribution is -2.13. The first kappa shape index (κ1) is 18.1. The van der Waals surface area contributed by atoms with Crippen LogP contribution in [0.15, 0.2) is 42.5 Å². The van der Waals surface area contributed by atoms with Crippen molar-refractivity contribution in [2.75, 3.05) is 21.3 Å². The third-order valence-electron chi connectivity index (χ3n) is 3.45. The molecule has 0 amide bonds. The van der Waals surface area contributed by atoms with Crippen molar-refractivity contribution in [3.63, 3.8) is 0 Å². The summed E-state index contributed by atoms with van der Waals surface area (Å²) in [5, 5.41) is 0. The number of benzene rings is 2. The number of hydrogen-bond donors (Lipinski definition) is 1. The minimum absolute atomic E-state index is 0. The molecule has 0 aliphatic carbocycles. The van der Waals surface area contributed by atoms with Crippen LogP contribution in [0.1, 0.15) is 17.2 Å². The zero-order valence-corrected chi connectivity index (χ0v) is 13.9. The maximum atomic E-state index is 6.27. The van der Waals surface area contributed by atoms with E-state index in [2.05, 4.69) is 0 Å². The van der Waals surface area contributed by atoms with Crippen molar-refractivity contribution < 1.29 is 14.2 Å². The summed E-state index contributed by atoms with van der Waals surface area (Å²) in [6.45, 7) is 0. The Kier molecular flexibility index (Phi) is 7.02. The molecular weight excluding hydrogens is 302 g/mol. The summed E-state index contributed by atoms with van der Waals surface area (Å²) in [5.74, 6) is 2.27. The van der Waals surface area contributed by atoms with E-state index in [1.807, 2.05) is 42.5 Å². The fourth-order valence-electron chi connectivity index (χ4n) is 2.23. The van der Waals surface area contributed by atoms with Crippen LogP contribution in [0.4, 0.5) is 0 Å². The van der Waals surface area contributed by atoms with Crippen LogP contribution in [-0.4, -0.2) is 21.3 Å². The lowest BCUT2D eigenvalue weighted by atomic mass is 9.99. The second kappa shape index (κ2) is 8.51. The Morgan fingerprint density at radius 2 is 1.50 bits per heavy atom. The molecule has 120 valence electrons. The minimum atomic E-state index is -0.0750. The van der Waals surface area contributed by atoms with E-state index in [0.29, 0.717) is 0 Å². The predicted molar refractivity (Wildman–Crippen MR) is 90.4 cm³/mol. The van der Waals surface area contributed by atoms with Crippen molar-refractivity contribution in [1.29, 1.82) is 0 Å². The van der Waals surface area contributed by atoms with Gasteiger partial charge >= 0.3 is 0 Å². The van der Waals surface area contributed by atoms with Crippen LogP contribution in [-0.2, 0) is 6.42 Å². The van der Waals surface area contributed by atoms with Gasteiger partial charge in [-0.15, -0.1) is 12.4 Å². The second-order valence-electron chi connectivity index (χ2n) is 4.77.